The average molecular weight is 416 g/mol. The fourth-order valence-corrected chi connectivity index (χ4v) is 2.86. The maximum Gasteiger partial charge on any atom is 0.331 e. The number of carbonyl (C=O) groups is 2. The van der Waals surface area contributed by atoms with Gasteiger partial charge in [0.1, 0.15) is 0 Å². The molecule has 10 heteroatoms. The highest BCUT2D eigenvalue weighted by Gasteiger charge is 2.25. The molecular weight excluding hydrogens is 405 g/mol. The van der Waals surface area contributed by atoms with E-state index in [9.17, 15) is 14.0 Å². The Morgan fingerprint density at radius 3 is 2.83 bits per heavy atom. The van der Waals surface area contributed by atoms with E-state index in [0.29, 0.717) is 10.0 Å². The summed E-state index contributed by atoms with van der Waals surface area (Å²) in [6.45, 7) is 0. The number of nitrogens with zero attached hydrogens (tertiary/aromatic N) is 2. The summed E-state index contributed by atoms with van der Waals surface area (Å²) in [6, 6.07) is 2.87. The zero-order valence-corrected chi connectivity index (χ0v) is 14.9. The van der Waals surface area contributed by atoms with Crippen molar-refractivity contribution in [2.45, 2.75) is 0 Å². The van der Waals surface area contributed by atoms with Gasteiger partial charge in [0.25, 0.3) is 5.91 Å². The van der Waals surface area contributed by atoms with Gasteiger partial charge in [0.2, 0.25) is 0 Å². The van der Waals surface area contributed by atoms with Gasteiger partial charge in [-0.3, -0.25) is 10.1 Å². The van der Waals surface area contributed by atoms with E-state index in [1.807, 2.05) is 0 Å². The van der Waals surface area contributed by atoms with Crippen LogP contribution in [0.15, 0.2) is 37.8 Å². The number of carbonyl (C=O) groups excluding carboxylic acids is 2. The summed E-state index contributed by atoms with van der Waals surface area (Å²) >= 11 is 4.11. The summed E-state index contributed by atoms with van der Waals surface area (Å²) in [7, 11) is 2.55. The molecule has 1 fully saturated rings. The minimum atomic E-state index is -0.647. The van der Waals surface area contributed by atoms with E-state index in [4.69, 9.17) is 4.74 Å². The Labute approximate surface area is 149 Å². The van der Waals surface area contributed by atoms with Crippen molar-refractivity contribution in [1.82, 2.24) is 5.32 Å². The molecule has 1 aliphatic heterocycles. The Kier molecular flexibility index (Phi) is 6.10. The van der Waals surface area contributed by atoms with Gasteiger partial charge in [0.05, 0.1) is 25.3 Å². The van der Waals surface area contributed by atoms with Gasteiger partial charge in [0.15, 0.2) is 16.7 Å². The third kappa shape index (κ3) is 4.42. The monoisotopic (exact) mass is 415 g/mol. The van der Waals surface area contributed by atoms with Crippen LogP contribution in [-0.4, -0.2) is 37.5 Å². The number of nitrogens with one attached hydrogen (secondary N) is 1. The number of hydrogen-bond acceptors (Lipinski definition) is 7. The van der Waals surface area contributed by atoms with Gasteiger partial charge in [-0.15, -0.1) is 5.10 Å². The SMILES string of the molecule is COC(=O)/C=C1/S/C(=N\N=Cc2cc(Br)cc(F)c2OC)NC1=O. The largest absolute Gasteiger partial charge is 0.493 e. The van der Waals surface area contributed by atoms with Crippen LogP contribution in [0, 0.1) is 5.82 Å². The minimum absolute atomic E-state index is 0.0246. The number of hydrogen-bond donors (Lipinski definition) is 1. The second-order valence-corrected chi connectivity index (χ2v) is 6.19. The molecule has 1 aromatic carbocycles. The molecule has 1 saturated heterocycles. The lowest BCUT2D eigenvalue weighted by atomic mass is 10.2. The second kappa shape index (κ2) is 8.06. The first-order chi connectivity index (χ1) is 11.4. The molecule has 0 unspecified atom stereocenters. The van der Waals surface area contributed by atoms with Crippen LogP contribution in [-0.2, 0) is 14.3 Å². The molecule has 7 nitrogen and oxygen atoms in total. The van der Waals surface area contributed by atoms with Gasteiger partial charge < -0.3 is 9.47 Å². The summed E-state index contributed by atoms with van der Waals surface area (Å²) in [4.78, 5) is 22.9. The third-order valence-electron chi connectivity index (χ3n) is 2.69. The highest BCUT2D eigenvalue weighted by Crippen LogP contribution is 2.26. The number of amidine groups is 1. The van der Waals surface area contributed by atoms with Crippen LogP contribution < -0.4 is 10.1 Å². The average Bonchev–Trinajstić information content (AvgIpc) is 2.86. The summed E-state index contributed by atoms with van der Waals surface area (Å²) in [6.07, 6.45) is 2.34. The quantitative estimate of drug-likeness (QED) is 0.352. The first kappa shape index (κ1) is 18.1. The molecule has 1 amide bonds. The molecule has 2 rings (SSSR count). The minimum Gasteiger partial charge on any atom is -0.493 e. The number of ether oxygens (including phenoxy) is 2. The first-order valence-corrected chi connectivity index (χ1v) is 7.98. The number of thioether (sulfide) groups is 1. The zero-order valence-electron chi connectivity index (χ0n) is 12.5. The topological polar surface area (TPSA) is 89.3 Å². The molecule has 1 aromatic rings. The van der Waals surface area contributed by atoms with Crippen LogP contribution in [0.5, 0.6) is 5.75 Å². The Morgan fingerprint density at radius 2 is 2.17 bits per heavy atom. The first-order valence-electron chi connectivity index (χ1n) is 6.37. The van der Waals surface area contributed by atoms with E-state index in [0.717, 1.165) is 17.8 Å². The predicted octanol–water partition coefficient (Wildman–Crippen LogP) is 2.21. The maximum absolute atomic E-state index is 13.7. The number of amides is 1. The molecule has 24 heavy (non-hydrogen) atoms. The van der Waals surface area contributed by atoms with E-state index in [1.54, 1.807) is 6.07 Å². The van der Waals surface area contributed by atoms with Crippen molar-refractivity contribution in [3.63, 3.8) is 0 Å². The number of esters is 1. The Hall–Kier alpha value is -2.20. The molecule has 0 saturated carbocycles. The lowest BCUT2D eigenvalue weighted by molar-refractivity contribution is -0.135. The van der Waals surface area contributed by atoms with Crippen LogP contribution in [0.2, 0.25) is 0 Å². The zero-order chi connectivity index (χ0) is 17.7. The molecule has 0 bridgehead atoms. The molecular formula is C14H11BrFN3O4S. The highest BCUT2D eigenvalue weighted by atomic mass is 79.9. The van der Waals surface area contributed by atoms with Crippen LogP contribution in [0.4, 0.5) is 4.39 Å². The van der Waals surface area contributed by atoms with E-state index in [2.05, 4.69) is 36.2 Å². The van der Waals surface area contributed by atoms with Crippen molar-refractivity contribution >= 4 is 51.0 Å². The van der Waals surface area contributed by atoms with Gasteiger partial charge in [-0.25, -0.2) is 9.18 Å². The molecule has 0 atom stereocenters. The van der Waals surface area contributed by atoms with Crippen LogP contribution in [0.1, 0.15) is 5.56 Å². The third-order valence-corrected chi connectivity index (χ3v) is 4.05. The predicted molar refractivity (Wildman–Crippen MR) is 91.5 cm³/mol. The lowest BCUT2D eigenvalue weighted by Crippen LogP contribution is -2.19. The Bertz CT molecular complexity index is 780. The standard InChI is InChI=1S/C14H11BrFN3O4S/c1-22-11(20)5-10-13(21)18-14(24-10)19-17-6-7-3-8(15)4-9(16)12(7)23-2/h3-6H,1-2H3,(H,18,19,21)/b10-5+,17-6?. The molecule has 0 aromatic heterocycles. The van der Waals surface area contributed by atoms with Crippen molar-refractivity contribution in [3.8, 4) is 5.75 Å². The van der Waals surface area contributed by atoms with E-state index >= 15 is 0 Å². The Morgan fingerprint density at radius 1 is 1.42 bits per heavy atom. The van der Waals surface area contributed by atoms with Crippen molar-refractivity contribution in [3.05, 3.63) is 39.0 Å². The van der Waals surface area contributed by atoms with Crippen LogP contribution >= 0.6 is 27.7 Å². The molecule has 0 spiro atoms. The van der Waals surface area contributed by atoms with Crippen molar-refractivity contribution in [2.75, 3.05) is 14.2 Å². The van der Waals surface area contributed by atoms with Gasteiger partial charge in [-0.2, -0.15) is 5.10 Å². The van der Waals surface area contributed by atoms with Gasteiger partial charge in [-0.1, -0.05) is 15.9 Å². The number of halogens is 2. The van der Waals surface area contributed by atoms with Gasteiger partial charge >= 0.3 is 5.97 Å². The van der Waals surface area contributed by atoms with Crippen molar-refractivity contribution < 1.29 is 23.5 Å². The van der Waals surface area contributed by atoms with Gasteiger partial charge in [0, 0.05) is 16.1 Å². The van der Waals surface area contributed by atoms with E-state index in [-0.39, 0.29) is 15.8 Å². The van der Waals surface area contributed by atoms with E-state index < -0.39 is 17.7 Å². The fraction of sp³-hybridized carbons (Fsp3) is 0.143. The molecule has 1 aliphatic rings. The summed E-state index contributed by atoms with van der Waals surface area (Å²) in [5.74, 6) is -1.65. The number of rotatable bonds is 4. The summed E-state index contributed by atoms with van der Waals surface area (Å²) < 4.78 is 23.7. The number of benzene rings is 1. The normalized spacial score (nSPS) is 17.6. The molecule has 1 N–H and O–H groups in total. The molecule has 0 aliphatic carbocycles. The maximum atomic E-state index is 13.7. The van der Waals surface area contributed by atoms with Crippen molar-refractivity contribution in [1.29, 1.82) is 0 Å². The summed E-state index contributed by atoms with van der Waals surface area (Å²) in [5, 5.41) is 10.2. The van der Waals surface area contributed by atoms with E-state index in [1.165, 1.54) is 26.5 Å². The van der Waals surface area contributed by atoms with Crippen LogP contribution in [0.25, 0.3) is 0 Å². The van der Waals surface area contributed by atoms with Crippen LogP contribution in [0.3, 0.4) is 0 Å². The smallest absolute Gasteiger partial charge is 0.331 e. The van der Waals surface area contributed by atoms with Crippen molar-refractivity contribution in [2.24, 2.45) is 10.2 Å². The fourth-order valence-electron chi connectivity index (χ4n) is 1.68. The molecule has 126 valence electrons. The van der Waals surface area contributed by atoms with Gasteiger partial charge in [-0.05, 0) is 23.9 Å². The highest BCUT2D eigenvalue weighted by molar-refractivity contribution is 9.10. The second-order valence-electron chi connectivity index (χ2n) is 4.25. The lowest BCUT2D eigenvalue weighted by Gasteiger charge is -2.05. The molecule has 1 heterocycles. The number of methoxy groups -OCH3 is 2. The molecule has 0 radical (unpaired) electrons. The Balaban J connectivity index is 2.18. The summed E-state index contributed by atoms with van der Waals surface area (Å²) in [5.41, 5.74) is 0.369.